The zero-order chi connectivity index (χ0) is 13.0. The summed E-state index contributed by atoms with van der Waals surface area (Å²) < 4.78 is 10.4. The summed E-state index contributed by atoms with van der Waals surface area (Å²) in [7, 11) is 3.28. The van der Waals surface area contributed by atoms with Gasteiger partial charge in [0.15, 0.2) is 5.78 Å². The van der Waals surface area contributed by atoms with Crippen molar-refractivity contribution in [2.75, 3.05) is 14.2 Å². The maximum atomic E-state index is 12.0. The molecule has 0 aromatic heterocycles. The number of benzene rings is 1. The van der Waals surface area contributed by atoms with Crippen LogP contribution in [0.5, 0.6) is 5.75 Å². The van der Waals surface area contributed by atoms with Crippen molar-refractivity contribution in [3.63, 3.8) is 0 Å². The third-order valence-corrected chi connectivity index (χ3v) is 3.44. The van der Waals surface area contributed by atoms with Crippen molar-refractivity contribution in [3.05, 3.63) is 29.8 Å². The first kappa shape index (κ1) is 13.1. The van der Waals surface area contributed by atoms with Crippen LogP contribution < -0.4 is 4.74 Å². The Hall–Kier alpha value is -1.35. The second-order valence-electron chi connectivity index (χ2n) is 4.81. The van der Waals surface area contributed by atoms with Gasteiger partial charge < -0.3 is 9.47 Å². The van der Waals surface area contributed by atoms with E-state index in [0.29, 0.717) is 12.3 Å². The number of ether oxygens (including phenoxy) is 2. The van der Waals surface area contributed by atoms with Crippen LogP contribution in [0.15, 0.2) is 24.3 Å². The van der Waals surface area contributed by atoms with Crippen molar-refractivity contribution in [1.82, 2.24) is 0 Å². The molecule has 2 rings (SSSR count). The van der Waals surface area contributed by atoms with Gasteiger partial charge in [0.25, 0.3) is 0 Å². The van der Waals surface area contributed by atoms with Crippen molar-refractivity contribution in [1.29, 1.82) is 0 Å². The van der Waals surface area contributed by atoms with Crippen molar-refractivity contribution in [2.45, 2.75) is 31.8 Å². The Balaban J connectivity index is 1.84. The second-order valence-corrected chi connectivity index (χ2v) is 4.81. The Bertz CT molecular complexity index is 393. The van der Waals surface area contributed by atoms with E-state index in [1.54, 1.807) is 14.2 Å². The first-order chi connectivity index (χ1) is 8.74. The molecular weight excluding hydrogens is 228 g/mol. The number of aryl methyl sites for hydroxylation is 1. The molecule has 0 bridgehead atoms. The van der Waals surface area contributed by atoms with Crippen molar-refractivity contribution in [2.24, 2.45) is 5.92 Å². The monoisotopic (exact) mass is 248 g/mol. The van der Waals surface area contributed by atoms with E-state index in [0.717, 1.165) is 30.6 Å². The van der Waals surface area contributed by atoms with Crippen LogP contribution in [0, 0.1) is 5.92 Å². The summed E-state index contributed by atoms with van der Waals surface area (Å²) >= 11 is 0. The molecule has 0 radical (unpaired) electrons. The molecule has 1 aromatic carbocycles. The van der Waals surface area contributed by atoms with Gasteiger partial charge >= 0.3 is 0 Å². The van der Waals surface area contributed by atoms with Crippen LogP contribution in [0.4, 0.5) is 0 Å². The van der Waals surface area contributed by atoms with Crippen LogP contribution in [-0.2, 0) is 16.0 Å². The molecule has 1 unspecified atom stereocenters. The van der Waals surface area contributed by atoms with Gasteiger partial charge in [0.2, 0.25) is 0 Å². The maximum Gasteiger partial charge on any atom is 0.162 e. The van der Waals surface area contributed by atoms with Crippen molar-refractivity contribution >= 4 is 5.78 Å². The highest BCUT2D eigenvalue weighted by Gasteiger charge is 2.35. The SMILES string of the molecule is COc1ccc(CCC(=O)C(OC)C2CC2)cc1. The Labute approximate surface area is 108 Å². The summed E-state index contributed by atoms with van der Waals surface area (Å²) in [5.41, 5.74) is 1.16. The lowest BCUT2D eigenvalue weighted by Crippen LogP contribution is -2.25. The lowest BCUT2D eigenvalue weighted by molar-refractivity contribution is -0.129. The highest BCUT2D eigenvalue weighted by atomic mass is 16.5. The summed E-state index contributed by atoms with van der Waals surface area (Å²) in [5.74, 6) is 1.55. The lowest BCUT2D eigenvalue weighted by atomic mass is 10.0. The molecule has 3 heteroatoms. The van der Waals surface area contributed by atoms with Gasteiger partial charge in [-0.05, 0) is 42.9 Å². The van der Waals surface area contributed by atoms with Crippen LogP contribution in [0.1, 0.15) is 24.8 Å². The summed E-state index contributed by atoms with van der Waals surface area (Å²) in [5, 5.41) is 0. The average Bonchev–Trinajstić information content (AvgIpc) is 3.22. The quantitative estimate of drug-likeness (QED) is 0.744. The third kappa shape index (κ3) is 3.33. The number of carbonyl (C=O) groups excluding carboxylic acids is 1. The molecule has 98 valence electrons. The van der Waals surface area contributed by atoms with Gasteiger partial charge in [-0.2, -0.15) is 0 Å². The van der Waals surface area contributed by atoms with Crippen LogP contribution >= 0.6 is 0 Å². The van der Waals surface area contributed by atoms with Crippen LogP contribution in [0.3, 0.4) is 0 Å². The first-order valence-corrected chi connectivity index (χ1v) is 6.43. The number of hydrogen-bond acceptors (Lipinski definition) is 3. The summed E-state index contributed by atoms with van der Waals surface area (Å²) in [6, 6.07) is 7.86. The molecule has 1 atom stereocenters. The molecule has 1 aromatic rings. The number of hydrogen-bond donors (Lipinski definition) is 0. The predicted molar refractivity (Wildman–Crippen MR) is 69.8 cm³/mol. The zero-order valence-corrected chi connectivity index (χ0v) is 11.0. The molecule has 0 spiro atoms. The molecule has 0 N–H and O–H groups in total. The van der Waals surface area contributed by atoms with Gasteiger partial charge in [-0.3, -0.25) is 4.79 Å². The largest absolute Gasteiger partial charge is 0.497 e. The molecule has 18 heavy (non-hydrogen) atoms. The number of Topliss-reactive ketones (excluding diaryl/α,β-unsaturated/α-hetero) is 1. The minimum absolute atomic E-state index is 0.178. The van der Waals surface area contributed by atoms with Gasteiger partial charge in [-0.15, -0.1) is 0 Å². The Morgan fingerprint density at radius 2 is 1.94 bits per heavy atom. The predicted octanol–water partition coefficient (Wildman–Crippen LogP) is 2.62. The standard InChI is InChI=1S/C15H20O3/c1-17-13-8-3-11(4-9-13)5-10-14(16)15(18-2)12-6-7-12/h3-4,8-9,12,15H,5-7,10H2,1-2H3. The maximum absolute atomic E-state index is 12.0. The highest BCUT2D eigenvalue weighted by molar-refractivity contribution is 5.84. The lowest BCUT2D eigenvalue weighted by Gasteiger charge is -2.12. The highest BCUT2D eigenvalue weighted by Crippen LogP contribution is 2.35. The minimum atomic E-state index is -0.178. The normalized spacial score (nSPS) is 16.3. The molecular formula is C15H20O3. The van der Waals surface area contributed by atoms with Crippen LogP contribution in [0.2, 0.25) is 0 Å². The number of methoxy groups -OCH3 is 2. The Morgan fingerprint density at radius 3 is 2.44 bits per heavy atom. The average molecular weight is 248 g/mol. The third-order valence-electron chi connectivity index (χ3n) is 3.44. The van der Waals surface area contributed by atoms with E-state index in [-0.39, 0.29) is 11.9 Å². The number of carbonyl (C=O) groups is 1. The Kier molecular flexibility index (Phi) is 4.37. The van der Waals surface area contributed by atoms with Gasteiger partial charge in [-0.25, -0.2) is 0 Å². The molecule has 0 heterocycles. The zero-order valence-electron chi connectivity index (χ0n) is 11.0. The van der Waals surface area contributed by atoms with Crippen molar-refractivity contribution in [3.8, 4) is 5.75 Å². The minimum Gasteiger partial charge on any atom is -0.497 e. The number of rotatable bonds is 7. The smallest absolute Gasteiger partial charge is 0.162 e. The van der Waals surface area contributed by atoms with Gasteiger partial charge in [0, 0.05) is 13.5 Å². The van der Waals surface area contributed by atoms with E-state index in [1.165, 1.54) is 0 Å². The van der Waals surface area contributed by atoms with Gasteiger partial charge in [-0.1, -0.05) is 12.1 Å². The van der Waals surface area contributed by atoms with E-state index in [9.17, 15) is 4.79 Å². The summed E-state index contributed by atoms with van der Waals surface area (Å²) in [4.78, 5) is 12.0. The fraction of sp³-hybridized carbons (Fsp3) is 0.533. The Morgan fingerprint density at radius 1 is 1.28 bits per heavy atom. The van der Waals surface area contributed by atoms with E-state index in [4.69, 9.17) is 9.47 Å². The van der Waals surface area contributed by atoms with Crippen LogP contribution in [0.25, 0.3) is 0 Å². The van der Waals surface area contributed by atoms with Gasteiger partial charge in [0.1, 0.15) is 11.9 Å². The van der Waals surface area contributed by atoms with E-state index in [1.807, 2.05) is 24.3 Å². The fourth-order valence-corrected chi connectivity index (χ4v) is 2.19. The molecule has 0 saturated heterocycles. The van der Waals surface area contributed by atoms with E-state index in [2.05, 4.69) is 0 Å². The fourth-order valence-electron chi connectivity index (χ4n) is 2.19. The summed E-state index contributed by atoms with van der Waals surface area (Å²) in [6.45, 7) is 0. The second kappa shape index (κ2) is 6.01. The van der Waals surface area contributed by atoms with Gasteiger partial charge in [0.05, 0.1) is 7.11 Å². The van der Waals surface area contributed by atoms with E-state index >= 15 is 0 Å². The number of ketones is 1. The molecule has 3 nitrogen and oxygen atoms in total. The van der Waals surface area contributed by atoms with Crippen molar-refractivity contribution < 1.29 is 14.3 Å². The molecule has 1 aliphatic carbocycles. The molecule has 1 saturated carbocycles. The van der Waals surface area contributed by atoms with Crippen LogP contribution in [-0.4, -0.2) is 26.1 Å². The molecule has 0 amide bonds. The first-order valence-electron chi connectivity index (χ1n) is 6.43. The molecule has 1 aliphatic rings. The summed E-state index contributed by atoms with van der Waals surface area (Å²) in [6.07, 6.45) is 3.42. The topological polar surface area (TPSA) is 35.5 Å². The van der Waals surface area contributed by atoms with E-state index < -0.39 is 0 Å². The molecule has 0 aliphatic heterocycles. The molecule has 1 fully saturated rings.